The average molecular weight is 415 g/mol. The number of benzene rings is 1. The molecule has 6 heteroatoms. The van der Waals surface area contributed by atoms with Crippen molar-refractivity contribution in [2.75, 3.05) is 13.1 Å². The molecule has 1 heterocycles. The summed E-state index contributed by atoms with van der Waals surface area (Å²) in [6.07, 6.45) is 4.04. The summed E-state index contributed by atoms with van der Waals surface area (Å²) in [7, 11) is 0. The van der Waals surface area contributed by atoms with E-state index in [0.717, 1.165) is 37.4 Å². The predicted octanol–water partition coefficient (Wildman–Crippen LogP) is 1.70. The summed E-state index contributed by atoms with van der Waals surface area (Å²) in [6, 6.07) is 5.02. The topological polar surface area (TPSA) is 93.0 Å². The van der Waals surface area contributed by atoms with Gasteiger partial charge in [0.1, 0.15) is 5.75 Å². The minimum absolute atomic E-state index is 0.0326. The molecule has 164 valence electrons. The molecule has 2 saturated carbocycles. The zero-order valence-corrected chi connectivity index (χ0v) is 18.0. The summed E-state index contributed by atoms with van der Waals surface area (Å²) in [4.78, 5) is 14.8. The largest absolute Gasteiger partial charge is 0.508 e. The highest BCUT2D eigenvalue weighted by Gasteiger charge is 2.66. The van der Waals surface area contributed by atoms with Crippen molar-refractivity contribution in [1.82, 2.24) is 10.2 Å². The number of nitrogens with zero attached hydrogens (tertiary/aromatic N) is 1. The number of piperidine rings is 1. The third-order valence-corrected chi connectivity index (χ3v) is 8.26. The number of rotatable bonds is 4. The first-order valence-electron chi connectivity index (χ1n) is 11.5. The number of nitrogens with one attached hydrogen (secondary N) is 1. The number of phenols is 1. The SMILES string of the molecule is CC(C)C(=O)N[C@H]1C[C@@]2(O)[C@H]3Cc4ccc(O)cc4[C@@]2(CCN3CC2CC2)CC1O. The summed E-state index contributed by atoms with van der Waals surface area (Å²) >= 11 is 0. The van der Waals surface area contributed by atoms with Crippen molar-refractivity contribution < 1.29 is 20.1 Å². The van der Waals surface area contributed by atoms with E-state index in [0.29, 0.717) is 12.8 Å². The van der Waals surface area contributed by atoms with Crippen LogP contribution in [0.2, 0.25) is 0 Å². The fraction of sp³-hybridized carbons (Fsp3) is 0.708. The van der Waals surface area contributed by atoms with E-state index in [1.54, 1.807) is 12.1 Å². The molecule has 2 bridgehead atoms. The van der Waals surface area contributed by atoms with Crippen molar-refractivity contribution in [2.24, 2.45) is 11.8 Å². The summed E-state index contributed by atoms with van der Waals surface area (Å²) in [5.74, 6) is 0.673. The Morgan fingerprint density at radius 3 is 2.77 bits per heavy atom. The van der Waals surface area contributed by atoms with Crippen LogP contribution in [-0.4, -0.2) is 63.0 Å². The Kier molecular flexibility index (Phi) is 4.69. The van der Waals surface area contributed by atoms with Gasteiger partial charge in [0.2, 0.25) is 5.91 Å². The third kappa shape index (κ3) is 2.99. The fourth-order valence-corrected chi connectivity index (χ4v) is 6.43. The molecule has 1 aromatic rings. The zero-order valence-electron chi connectivity index (χ0n) is 18.0. The summed E-state index contributed by atoms with van der Waals surface area (Å²) in [5.41, 5.74) is 0.511. The first-order chi connectivity index (χ1) is 14.2. The van der Waals surface area contributed by atoms with E-state index in [1.165, 1.54) is 18.4 Å². The monoisotopic (exact) mass is 414 g/mol. The van der Waals surface area contributed by atoms with Crippen LogP contribution in [0.4, 0.5) is 0 Å². The lowest BCUT2D eigenvalue weighted by Crippen LogP contribution is -2.76. The Morgan fingerprint density at radius 2 is 2.07 bits per heavy atom. The highest BCUT2D eigenvalue weighted by molar-refractivity contribution is 5.78. The van der Waals surface area contributed by atoms with E-state index in [-0.39, 0.29) is 23.6 Å². The van der Waals surface area contributed by atoms with Crippen LogP contribution in [0.25, 0.3) is 0 Å². The van der Waals surface area contributed by atoms with Crippen LogP contribution in [0.1, 0.15) is 57.1 Å². The molecule has 1 amide bonds. The molecule has 4 N–H and O–H groups in total. The van der Waals surface area contributed by atoms with Gasteiger partial charge in [0.25, 0.3) is 0 Å². The lowest BCUT2D eigenvalue weighted by molar-refractivity contribution is -0.190. The number of phenolic OH excluding ortho intramolecular Hbond substituents is 1. The van der Waals surface area contributed by atoms with Gasteiger partial charge < -0.3 is 20.6 Å². The highest BCUT2D eigenvalue weighted by Crippen LogP contribution is 2.58. The highest BCUT2D eigenvalue weighted by atomic mass is 16.3. The molecule has 0 radical (unpaired) electrons. The number of fused-ring (bicyclic) bond motifs is 1. The second kappa shape index (κ2) is 6.94. The number of carbonyl (C=O) groups excluding carboxylic acids is 1. The predicted molar refractivity (Wildman–Crippen MR) is 113 cm³/mol. The normalized spacial score (nSPS) is 38.1. The van der Waals surface area contributed by atoms with Crippen molar-refractivity contribution in [3.63, 3.8) is 0 Å². The minimum Gasteiger partial charge on any atom is -0.508 e. The van der Waals surface area contributed by atoms with Gasteiger partial charge in [-0.2, -0.15) is 0 Å². The number of aliphatic hydroxyl groups excluding tert-OH is 1. The smallest absolute Gasteiger partial charge is 0.222 e. The van der Waals surface area contributed by atoms with Crippen LogP contribution in [0.3, 0.4) is 0 Å². The quantitative estimate of drug-likeness (QED) is 0.602. The van der Waals surface area contributed by atoms with E-state index >= 15 is 0 Å². The Hall–Kier alpha value is -1.63. The van der Waals surface area contributed by atoms with Crippen LogP contribution < -0.4 is 5.32 Å². The van der Waals surface area contributed by atoms with Gasteiger partial charge in [-0.25, -0.2) is 0 Å². The van der Waals surface area contributed by atoms with Crippen molar-refractivity contribution >= 4 is 5.91 Å². The fourth-order valence-electron chi connectivity index (χ4n) is 6.43. The number of amides is 1. The van der Waals surface area contributed by atoms with Gasteiger partial charge in [0, 0.05) is 30.3 Å². The van der Waals surface area contributed by atoms with Crippen molar-refractivity contribution in [2.45, 2.75) is 81.6 Å². The van der Waals surface area contributed by atoms with Crippen molar-refractivity contribution in [3.8, 4) is 5.75 Å². The van der Waals surface area contributed by atoms with E-state index in [9.17, 15) is 20.1 Å². The van der Waals surface area contributed by atoms with E-state index < -0.39 is 23.2 Å². The summed E-state index contributed by atoms with van der Waals surface area (Å²) < 4.78 is 0. The third-order valence-electron chi connectivity index (χ3n) is 8.26. The summed E-state index contributed by atoms with van der Waals surface area (Å²) in [5, 5.41) is 36.7. The number of hydrogen-bond acceptors (Lipinski definition) is 5. The molecular formula is C24H34N2O4. The molecule has 0 aromatic heterocycles. The van der Waals surface area contributed by atoms with Gasteiger partial charge in [0.05, 0.1) is 17.7 Å². The van der Waals surface area contributed by atoms with E-state index in [1.807, 2.05) is 19.9 Å². The van der Waals surface area contributed by atoms with Crippen LogP contribution in [0.15, 0.2) is 18.2 Å². The zero-order chi connectivity index (χ0) is 21.3. The first kappa shape index (κ1) is 20.3. The molecule has 1 aromatic carbocycles. The standard InChI is InChI=1S/C24H34N2O4/c1-14(2)22(29)25-19-11-24(30)21-9-16-5-6-17(27)10-18(16)23(24,12-20(19)28)7-8-26(21)13-15-3-4-15/h5-6,10,14-15,19-21,27-28,30H,3-4,7-9,11-13H2,1-2H3,(H,25,29)/t19-,20?,21+,23+,24+/m0/s1. The first-order valence-corrected chi connectivity index (χ1v) is 11.5. The second-order valence-corrected chi connectivity index (χ2v) is 10.5. The molecule has 3 aliphatic carbocycles. The van der Waals surface area contributed by atoms with Gasteiger partial charge in [-0.15, -0.1) is 0 Å². The molecule has 3 fully saturated rings. The Morgan fingerprint density at radius 1 is 1.30 bits per heavy atom. The number of carbonyl (C=O) groups is 1. The number of hydrogen-bond donors (Lipinski definition) is 4. The van der Waals surface area contributed by atoms with Gasteiger partial charge in [-0.05, 0) is 67.8 Å². The maximum Gasteiger partial charge on any atom is 0.222 e. The molecule has 4 aliphatic rings. The molecule has 1 aliphatic heterocycles. The molecule has 0 spiro atoms. The van der Waals surface area contributed by atoms with Crippen molar-refractivity contribution in [3.05, 3.63) is 29.3 Å². The van der Waals surface area contributed by atoms with Crippen LogP contribution in [0.5, 0.6) is 5.75 Å². The lowest BCUT2D eigenvalue weighted by atomic mass is 9.48. The molecule has 1 saturated heterocycles. The average Bonchev–Trinajstić information content (AvgIpc) is 3.50. The molecule has 5 rings (SSSR count). The van der Waals surface area contributed by atoms with Gasteiger partial charge in [-0.1, -0.05) is 19.9 Å². The Balaban J connectivity index is 1.56. The maximum atomic E-state index is 12.4. The number of aromatic hydroxyl groups is 1. The Bertz CT molecular complexity index is 854. The van der Waals surface area contributed by atoms with Gasteiger partial charge in [0.15, 0.2) is 0 Å². The number of aliphatic hydroxyl groups is 2. The van der Waals surface area contributed by atoms with Gasteiger partial charge >= 0.3 is 0 Å². The van der Waals surface area contributed by atoms with E-state index in [4.69, 9.17) is 0 Å². The molecular weight excluding hydrogens is 380 g/mol. The second-order valence-electron chi connectivity index (χ2n) is 10.5. The van der Waals surface area contributed by atoms with E-state index in [2.05, 4.69) is 10.2 Å². The molecule has 6 nitrogen and oxygen atoms in total. The molecule has 5 atom stereocenters. The molecule has 1 unspecified atom stereocenters. The van der Waals surface area contributed by atoms with Crippen LogP contribution >= 0.6 is 0 Å². The van der Waals surface area contributed by atoms with Crippen molar-refractivity contribution in [1.29, 1.82) is 0 Å². The summed E-state index contributed by atoms with van der Waals surface area (Å²) in [6.45, 7) is 5.59. The maximum absolute atomic E-state index is 12.4. The van der Waals surface area contributed by atoms with Crippen LogP contribution in [-0.2, 0) is 16.6 Å². The minimum atomic E-state index is -1.05. The van der Waals surface area contributed by atoms with Crippen LogP contribution in [0, 0.1) is 11.8 Å². The Labute approximate surface area is 178 Å². The lowest BCUT2D eigenvalue weighted by Gasteiger charge is -2.65. The van der Waals surface area contributed by atoms with Gasteiger partial charge in [-0.3, -0.25) is 9.69 Å². The molecule has 30 heavy (non-hydrogen) atoms. The number of likely N-dealkylation sites (tertiary alicyclic amines) is 1.